The first-order valence-electron chi connectivity index (χ1n) is 6.03. The van der Waals surface area contributed by atoms with Crippen molar-refractivity contribution in [3.8, 4) is 11.8 Å². The second-order valence-corrected chi connectivity index (χ2v) is 4.11. The molecule has 1 unspecified atom stereocenters. The summed E-state index contributed by atoms with van der Waals surface area (Å²) < 4.78 is 26.0. The molecule has 0 saturated heterocycles. The minimum absolute atomic E-state index is 0.0542. The van der Waals surface area contributed by atoms with Crippen LogP contribution in [0.5, 0.6) is 0 Å². The SMILES string of the molecule is OC(C#Cc1ccc(F)cc1F)/C=C/c1ccccc1. The first kappa shape index (κ1) is 14.0. The predicted octanol–water partition coefficient (Wildman–Crippen LogP) is 3.39. The van der Waals surface area contributed by atoms with Gasteiger partial charge in [-0.15, -0.1) is 0 Å². The molecule has 0 amide bonds. The van der Waals surface area contributed by atoms with Crippen molar-refractivity contribution in [3.63, 3.8) is 0 Å². The highest BCUT2D eigenvalue weighted by atomic mass is 19.1. The highest BCUT2D eigenvalue weighted by Gasteiger charge is 2.00. The Kier molecular flexibility index (Phi) is 4.65. The molecule has 3 heteroatoms. The van der Waals surface area contributed by atoms with Gasteiger partial charge in [0, 0.05) is 6.07 Å². The summed E-state index contributed by atoms with van der Waals surface area (Å²) in [5.41, 5.74) is 0.986. The van der Waals surface area contributed by atoms with Gasteiger partial charge >= 0.3 is 0 Å². The molecule has 0 bridgehead atoms. The summed E-state index contributed by atoms with van der Waals surface area (Å²) in [6.07, 6.45) is 2.21. The van der Waals surface area contributed by atoms with Gasteiger partial charge in [-0.3, -0.25) is 0 Å². The molecule has 0 aliphatic heterocycles. The van der Waals surface area contributed by atoms with Crippen molar-refractivity contribution in [2.24, 2.45) is 0 Å². The van der Waals surface area contributed by atoms with E-state index in [0.717, 1.165) is 17.7 Å². The van der Waals surface area contributed by atoms with Crippen LogP contribution in [0.25, 0.3) is 6.08 Å². The average molecular weight is 270 g/mol. The van der Waals surface area contributed by atoms with E-state index in [2.05, 4.69) is 11.8 Å². The van der Waals surface area contributed by atoms with Gasteiger partial charge in [-0.2, -0.15) is 0 Å². The van der Waals surface area contributed by atoms with Crippen molar-refractivity contribution >= 4 is 6.08 Å². The van der Waals surface area contributed by atoms with E-state index in [4.69, 9.17) is 0 Å². The van der Waals surface area contributed by atoms with Crippen molar-refractivity contribution in [3.05, 3.63) is 77.4 Å². The number of benzene rings is 2. The van der Waals surface area contributed by atoms with Crippen LogP contribution in [0.2, 0.25) is 0 Å². The molecule has 20 heavy (non-hydrogen) atoms. The number of rotatable bonds is 2. The Labute approximate surface area is 116 Å². The molecule has 0 saturated carbocycles. The van der Waals surface area contributed by atoms with E-state index in [-0.39, 0.29) is 5.56 Å². The van der Waals surface area contributed by atoms with Gasteiger partial charge in [-0.25, -0.2) is 8.78 Å². The summed E-state index contributed by atoms with van der Waals surface area (Å²) in [5.74, 6) is 3.57. The first-order valence-corrected chi connectivity index (χ1v) is 6.03. The molecule has 0 aliphatic rings. The van der Waals surface area contributed by atoms with Crippen LogP contribution in [0.1, 0.15) is 11.1 Å². The Morgan fingerprint density at radius 1 is 1.05 bits per heavy atom. The van der Waals surface area contributed by atoms with Gasteiger partial charge in [0.2, 0.25) is 0 Å². The minimum Gasteiger partial charge on any atom is -0.377 e. The molecule has 2 aromatic carbocycles. The molecule has 0 spiro atoms. The number of aliphatic hydroxyl groups is 1. The van der Waals surface area contributed by atoms with Crippen molar-refractivity contribution in [2.45, 2.75) is 6.10 Å². The molecule has 2 aromatic rings. The van der Waals surface area contributed by atoms with Gasteiger partial charge in [-0.05, 0) is 23.8 Å². The van der Waals surface area contributed by atoms with Crippen LogP contribution < -0.4 is 0 Å². The van der Waals surface area contributed by atoms with Crippen LogP contribution in [0.3, 0.4) is 0 Å². The number of halogens is 2. The fourth-order valence-corrected chi connectivity index (χ4v) is 1.56. The van der Waals surface area contributed by atoms with E-state index >= 15 is 0 Å². The quantitative estimate of drug-likeness (QED) is 0.829. The molecule has 0 heterocycles. The van der Waals surface area contributed by atoms with E-state index < -0.39 is 17.7 Å². The highest BCUT2D eigenvalue weighted by Crippen LogP contribution is 2.08. The third-order valence-corrected chi connectivity index (χ3v) is 2.56. The molecule has 0 aliphatic carbocycles. The first-order chi connectivity index (χ1) is 9.65. The van der Waals surface area contributed by atoms with Crippen LogP contribution in [0, 0.1) is 23.5 Å². The largest absolute Gasteiger partial charge is 0.377 e. The number of hydrogen-bond donors (Lipinski definition) is 1. The maximum absolute atomic E-state index is 13.3. The molecule has 2 rings (SSSR count). The summed E-state index contributed by atoms with van der Waals surface area (Å²) in [4.78, 5) is 0. The molecule has 0 fully saturated rings. The predicted molar refractivity (Wildman–Crippen MR) is 74.7 cm³/mol. The summed E-state index contributed by atoms with van der Waals surface area (Å²) in [5, 5.41) is 9.66. The number of hydrogen-bond acceptors (Lipinski definition) is 1. The van der Waals surface area contributed by atoms with E-state index in [0.29, 0.717) is 0 Å². The maximum atomic E-state index is 13.3. The van der Waals surface area contributed by atoms with Gasteiger partial charge in [-0.1, -0.05) is 48.2 Å². The van der Waals surface area contributed by atoms with Crippen LogP contribution in [-0.4, -0.2) is 11.2 Å². The zero-order chi connectivity index (χ0) is 14.4. The monoisotopic (exact) mass is 270 g/mol. The third-order valence-electron chi connectivity index (χ3n) is 2.56. The summed E-state index contributed by atoms with van der Waals surface area (Å²) in [6, 6.07) is 12.6. The fraction of sp³-hybridized carbons (Fsp3) is 0.0588. The lowest BCUT2D eigenvalue weighted by atomic mass is 10.1. The number of aliphatic hydroxyl groups excluding tert-OH is 1. The molecular weight excluding hydrogens is 258 g/mol. The molecule has 1 N–H and O–H groups in total. The molecule has 100 valence electrons. The Balaban J connectivity index is 2.07. The van der Waals surface area contributed by atoms with Gasteiger partial charge in [0.15, 0.2) is 0 Å². The van der Waals surface area contributed by atoms with Gasteiger partial charge < -0.3 is 5.11 Å². The van der Waals surface area contributed by atoms with Crippen molar-refractivity contribution < 1.29 is 13.9 Å². The average Bonchev–Trinajstić information content (AvgIpc) is 2.45. The van der Waals surface area contributed by atoms with E-state index in [1.165, 1.54) is 12.1 Å². The minimum atomic E-state index is -1.01. The topological polar surface area (TPSA) is 20.2 Å². The molecule has 1 nitrogen and oxygen atoms in total. The maximum Gasteiger partial charge on any atom is 0.141 e. The van der Waals surface area contributed by atoms with Crippen molar-refractivity contribution in [2.75, 3.05) is 0 Å². The standard InChI is InChI=1S/C17H12F2O/c18-15-9-7-14(17(19)12-15)8-11-16(20)10-6-13-4-2-1-3-5-13/h1-7,9-10,12,16,20H/b10-6+. The van der Waals surface area contributed by atoms with Crippen LogP contribution in [-0.2, 0) is 0 Å². The van der Waals surface area contributed by atoms with E-state index in [1.54, 1.807) is 6.08 Å². The molecule has 0 aromatic heterocycles. The molecular formula is C17H12F2O. The van der Waals surface area contributed by atoms with E-state index in [9.17, 15) is 13.9 Å². The summed E-state index contributed by atoms with van der Waals surface area (Å²) in [6.45, 7) is 0. The zero-order valence-corrected chi connectivity index (χ0v) is 10.6. The molecule has 1 atom stereocenters. The smallest absolute Gasteiger partial charge is 0.141 e. The highest BCUT2D eigenvalue weighted by molar-refractivity contribution is 5.50. The Bertz CT molecular complexity index is 666. The van der Waals surface area contributed by atoms with Crippen LogP contribution >= 0.6 is 0 Å². The second-order valence-electron chi connectivity index (χ2n) is 4.11. The van der Waals surface area contributed by atoms with Crippen molar-refractivity contribution in [1.29, 1.82) is 0 Å². The van der Waals surface area contributed by atoms with Crippen molar-refractivity contribution in [1.82, 2.24) is 0 Å². The zero-order valence-electron chi connectivity index (χ0n) is 10.6. The Hall–Kier alpha value is -2.44. The lowest BCUT2D eigenvalue weighted by Gasteiger charge is -1.96. The normalized spacial score (nSPS) is 11.9. The Morgan fingerprint density at radius 3 is 2.50 bits per heavy atom. The Morgan fingerprint density at radius 2 is 1.80 bits per heavy atom. The van der Waals surface area contributed by atoms with Crippen LogP contribution in [0.4, 0.5) is 8.78 Å². The van der Waals surface area contributed by atoms with Gasteiger partial charge in [0.25, 0.3) is 0 Å². The van der Waals surface area contributed by atoms with E-state index in [1.807, 2.05) is 30.3 Å². The molecule has 0 radical (unpaired) electrons. The summed E-state index contributed by atoms with van der Waals surface area (Å²) in [7, 11) is 0. The second kappa shape index (κ2) is 6.65. The fourth-order valence-electron chi connectivity index (χ4n) is 1.56. The third kappa shape index (κ3) is 4.04. The van der Waals surface area contributed by atoms with Gasteiger partial charge in [0.05, 0.1) is 5.56 Å². The lowest BCUT2D eigenvalue weighted by Crippen LogP contribution is -1.97. The lowest BCUT2D eigenvalue weighted by molar-refractivity contribution is 0.281. The van der Waals surface area contributed by atoms with Gasteiger partial charge in [0.1, 0.15) is 17.7 Å². The van der Waals surface area contributed by atoms with Crippen LogP contribution in [0.15, 0.2) is 54.6 Å². The summed E-state index contributed by atoms with van der Waals surface area (Å²) >= 11 is 0.